The molecule has 27 heavy (non-hydrogen) atoms. The molecule has 0 unspecified atom stereocenters. The average Bonchev–Trinajstić information content (AvgIpc) is 2.61. The molecule has 0 radical (unpaired) electrons. The number of benzene rings is 2. The highest BCUT2D eigenvalue weighted by atomic mass is 16.6. The smallest absolute Gasteiger partial charge is 0.308 e. The lowest BCUT2D eigenvalue weighted by molar-refractivity contribution is -0.385. The number of nitro groups is 1. The van der Waals surface area contributed by atoms with Crippen LogP contribution in [-0.2, 0) is 16.0 Å². The number of hydrogen-bond donors (Lipinski definition) is 2. The van der Waals surface area contributed by atoms with E-state index in [0.29, 0.717) is 0 Å². The zero-order valence-electron chi connectivity index (χ0n) is 14.4. The molecule has 0 aliphatic carbocycles. The Kier molecular flexibility index (Phi) is 6.21. The standard InChI is InChI=1S/C18H17N3O6/c1-11(22)27-14-8-6-12(7-9-14)18(24)20-15(17(19)23)10-13-4-2-3-5-16(13)21(25)26/h2-9,15H,10H2,1H3,(H2,19,23)(H,20,24)/t15-/m1/s1. The fraction of sp³-hybridized carbons (Fsp3) is 0.167. The lowest BCUT2D eigenvalue weighted by Gasteiger charge is -2.16. The Morgan fingerprint density at radius 2 is 1.78 bits per heavy atom. The Morgan fingerprint density at radius 3 is 2.33 bits per heavy atom. The Labute approximate surface area is 154 Å². The van der Waals surface area contributed by atoms with Crippen LogP contribution in [0.15, 0.2) is 48.5 Å². The van der Waals surface area contributed by atoms with E-state index in [9.17, 15) is 24.5 Å². The molecule has 0 saturated carbocycles. The third kappa shape index (κ3) is 5.36. The normalized spacial score (nSPS) is 11.3. The second kappa shape index (κ2) is 8.56. The molecule has 0 aromatic heterocycles. The zero-order valence-corrected chi connectivity index (χ0v) is 14.4. The van der Waals surface area contributed by atoms with Crippen molar-refractivity contribution < 1.29 is 24.0 Å². The molecule has 2 aromatic carbocycles. The van der Waals surface area contributed by atoms with Crippen LogP contribution in [0.3, 0.4) is 0 Å². The van der Waals surface area contributed by atoms with Crippen molar-refractivity contribution in [2.24, 2.45) is 5.73 Å². The van der Waals surface area contributed by atoms with E-state index in [1.807, 2.05) is 0 Å². The van der Waals surface area contributed by atoms with E-state index in [1.54, 1.807) is 6.07 Å². The molecule has 0 spiro atoms. The Bertz CT molecular complexity index is 879. The highest BCUT2D eigenvalue weighted by molar-refractivity contribution is 5.97. The van der Waals surface area contributed by atoms with E-state index >= 15 is 0 Å². The number of carbonyl (C=O) groups excluding carboxylic acids is 3. The SMILES string of the molecule is CC(=O)Oc1ccc(C(=O)N[C@H](Cc2ccccc2[N+](=O)[O-])C(N)=O)cc1. The van der Waals surface area contributed by atoms with Crippen LogP contribution < -0.4 is 15.8 Å². The summed E-state index contributed by atoms with van der Waals surface area (Å²) in [4.78, 5) is 45.5. The summed E-state index contributed by atoms with van der Waals surface area (Å²) >= 11 is 0. The summed E-state index contributed by atoms with van der Waals surface area (Å²) in [6.07, 6.45) is -0.121. The minimum Gasteiger partial charge on any atom is -0.427 e. The quantitative estimate of drug-likeness (QED) is 0.326. The zero-order chi connectivity index (χ0) is 20.0. The first-order chi connectivity index (χ1) is 12.8. The number of rotatable bonds is 7. The van der Waals surface area contributed by atoms with Gasteiger partial charge in [0.15, 0.2) is 0 Å². The lowest BCUT2D eigenvalue weighted by atomic mass is 10.0. The van der Waals surface area contributed by atoms with Crippen molar-refractivity contribution in [2.45, 2.75) is 19.4 Å². The number of esters is 1. The number of nitro benzene ring substituents is 1. The van der Waals surface area contributed by atoms with Crippen LogP contribution in [0.25, 0.3) is 0 Å². The van der Waals surface area contributed by atoms with E-state index in [1.165, 1.54) is 49.4 Å². The molecule has 0 fully saturated rings. The first kappa shape index (κ1) is 19.6. The monoisotopic (exact) mass is 371 g/mol. The number of primary amides is 1. The van der Waals surface area contributed by atoms with E-state index in [2.05, 4.69) is 5.32 Å². The van der Waals surface area contributed by atoms with Gasteiger partial charge in [-0.15, -0.1) is 0 Å². The van der Waals surface area contributed by atoms with Gasteiger partial charge in [-0.2, -0.15) is 0 Å². The van der Waals surface area contributed by atoms with Crippen molar-refractivity contribution in [2.75, 3.05) is 0 Å². The summed E-state index contributed by atoms with van der Waals surface area (Å²) in [5.41, 5.74) is 5.65. The van der Waals surface area contributed by atoms with Gasteiger partial charge in [-0.05, 0) is 24.3 Å². The Hall–Kier alpha value is -3.75. The van der Waals surface area contributed by atoms with Gasteiger partial charge in [-0.1, -0.05) is 18.2 Å². The molecular weight excluding hydrogens is 354 g/mol. The largest absolute Gasteiger partial charge is 0.427 e. The number of carbonyl (C=O) groups is 3. The minimum atomic E-state index is -1.13. The molecule has 0 saturated heterocycles. The summed E-state index contributed by atoms with van der Waals surface area (Å²) in [5, 5.41) is 13.6. The average molecular weight is 371 g/mol. The molecule has 2 rings (SSSR count). The fourth-order valence-electron chi connectivity index (χ4n) is 2.39. The molecule has 0 heterocycles. The van der Waals surface area contributed by atoms with Crippen molar-refractivity contribution in [3.05, 3.63) is 69.8 Å². The summed E-state index contributed by atoms with van der Waals surface area (Å²) in [5.74, 6) is -1.64. The van der Waals surface area contributed by atoms with Gasteiger partial charge in [0.05, 0.1) is 4.92 Å². The van der Waals surface area contributed by atoms with Gasteiger partial charge in [0.2, 0.25) is 5.91 Å². The highest BCUT2D eigenvalue weighted by Gasteiger charge is 2.23. The number of nitrogens with two attached hydrogens (primary N) is 1. The van der Waals surface area contributed by atoms with Crippen LogP contribution in [0.2, 0.25) is 0 Å². The number of hydrogen-bond acceptors (Lipinski definition) is 6. The van der Waals surface area contributed by atoms with Gasteiger partial charge >= 0.3 is 5.97 Å². The van der Waals surface area contributed by atoms with Crippen molar-refractivity contribution in [3.63, 3.8) is 0 Å². The molecule has 0 bridgehead atoms. The fourth-order valence-corrected chi connectivity index (χ4v) is 2.39. The number of nitrogens with one attached hydrogen (secondary N) is 1. The molecule has 0 aliphatic heterocycles. The molecule has 0 aliphatic rings. The lowest BCUT2D eigenvalue weighted by Crippen LogP contribution is -2.45. The van der Waals surface area contributed by atoms with Crippen LogP contribution in [-0.4, -0.2) is 28.7 Å². The van der Waals surface area contributed by atoms with Gasteiger partial charge in [0.25, 0.3) is 11.6 Å². The topological polar surface area (TPSA) is 142 Å². The first-order valence-electron chi connectivity index (χ1n) is 7.89. The van der Waals surface area contributed by atoms with Crippen molar-refractivity contribution in [3.8, 4) is 5.75 Å². The summed E-state index contributed by atoms with van der Waals surface area (Å²) < 4.78 is 4.87. The van der Waals surface area contributed by atoms with Crippen LogP contribution in [0, 0.1) is 10.1 Å². The van der Waals surface area contributed by atoms with E-state index in [-0.39, 0.29) is 29.0 Å². The maximum atomic E-state index is 12.3. The molecule has 9 heteroatoms. The maximum Gasteiger partial charge on any atom is 0.308 e. The van der Waals surface area contributed by atoms with Crippen LogP contribution in [0.5, 0.6) is 5.75 Å². The predicted molar refractivity (Wildman–Crippen MR) is 95.0 cm³/mol. The van der Waals surface area contributed by atoms with Gasteiger partial charge in [-0.25, -0.2) is 0 Å². The summed E-state index contributed by atoms with van der Waals surface area (Å²) in [7, 11) is 0. The van der Waals surface area contributed by atoms with Gasteiger partial charge in [0.1, 0.15) is 11.8 Å². The number of ether oxygens (including phenoxy) is 1. The van der Waals surface area contributed by atoms with E-state index < -0.39 is 28.7 Å². The molecular formula is C18H17N3O6. The van der Waals surface area contributed by atoms with E-state index in [4.69, 9.17) is 10.5 Å². The van der Waals surface area contributed by atoms with Crippen molar-refractivity contribution in [1.82, 2.24) is 5.32 Å². The third-order valence-electron chi connectivity index (χ3n) is 3.64. The molecule has 2 aromatic rings. The Morgan fingerprint density at radius 1 is 1.15 bits per heavy atom. The molecule has 9 nitrogen and oxygen atoms in total. The second-order valence-electron chi connectivity index (χ2n) is 5.64. The van der Waals surface area contributed by atoms with Crippen molar-refractivity contribution >= 4 is 23.5 Å². The molecule has 140 valence electrons. The van der Waals surface area contributed by atoms with Crippen molar-refractivity contribution in [1.29, 1.82) is 0 Å². The molecule has 1 atom stereocenters. The van der Waals surface area contributed by atoms with Gasteiger partial charge < -0.3 is 15.8 Å². The number of para-hydroxylation sites is 1. The van der Waals surface area contributed by atoms with Crippen LogP contribution >= 0.6 is 0 Å². The van der Waals surface area contributed by atoms with Crippen LogP contribution in [0.4, 0.5) is 5.69 Å². The van der Waals surface area contributed by atoms with Crippen LogP contribution in [0.1, 0.15) is 22.8 Å². The summed E-state index contributed by atoms with van der Waals surface area (Å²) in [6.45, 7) is 1.25. The predicted octanol–water partition coefficient (Wildman–Crippen LogP) is 1.35. The minimum absolute atomic E-state index is 0.121. The van der Waals surface area contributed by atoms with E-state index in [0.717, 1.165) is 0 Å². The number of nitrogens with zero attached hydrogens (tertiary/aromatic N) is 1. The highest BCUT2D eigenvalue weighted by Crippen LogP contribution is 2.19. The number of amides is 2. The first-order valence-corrected chi connectivity index (χ1v) is 7.89. The second-order valence-corrected chi connectivity index (χ2v) is 5.64. The van der Waals surface area contributed by atoms with Gasteiger partial charge in [0, 0.05) is 30.5 Å². The van der Waals surface area contributed by atoms with Gasteiger partial charge in [-0.3, -0.25) is 24.5 Å². The molecule has 3 N–H and O–H groups in total. The molecule has 2 amide bonds. The maximum absolute atomic E-state index is 12.3. The Balaban J connectivity index is 2.14. The third-order valence-corrected chi connectivity index (χ3v) is 3.64. The summed E-state index contributed by atoms with van der Waals surface area (Å²) in [6, 6.07) is 10.5.